The van der Waals surface area contributed by atoms with Crippen LogP contribution in [0.25, 0.3) is 10.8 Å². The third-order valence-electron chi connectivity index (χ3n) is 4.84. The molecule has 168 valence electrons. The Bertz CT molecular complexity index is 1380. The summed E-state index contributed by atoms with van der Waals surface area (Å²) in [5.41, 5.74) is 1.18. The molecule has 1 amide bonds. The Balaban J connectivity index is 1.47. The fourth-order valence-corrected chi connectivity index (χ4v) is 4.20. The first kappa shape index (κ1) is 22.2. The molecule has 0 bridgehead atoms. The highest BCUT2D eigenvalue weighted by molar-refractivity contribution is 7.14. The zero-order valence-electron chi connectivity index (χ0n) is 17.9. The second-order valence-corrected chi connectivity index (χ2v) is 7.87. The number of carbonyl (C=O) groups excluding carboxylic acids is 2. The minimum Gasteiger partial charge on any atom is -0.495 e. The van der Waals surface area contributed by atoms with Gasteiger partial charge in [-0.15, -0.1) is 11.3 Å². The standard InChI is InChI=1S/C23H20N4O5S/c1-14(28)27(19-9-5-6-10-20(19)31-2)23-24-15(13-33-23)12-32-21(29)11-18-16-7-3-4-8-17(16)22(30)26-25-18/h3-10,13H,11-12H2,1-2H3,(H,26,30). The normalized spacial score (nSPS) is 10.7. The third-order valence-corrected chi connectivity index (χ3v) is 5.71. The average molecular weight is 465 g/mol. The van der Waals surface area contributed by atoms with Gasteiger partial charge < -0.3 is 9.47 Å². The summed E-state index contributed by atoms with van der Waals surface area (Å²) < 4.78 is 10.7. The zero-order valence-corrected chi connectivity index (χ0v) is 18.7. The fraction of sp³-hybridized carbons (Fsp3) is 0.174. The number of ether oxygens (including phenoxy) is 2. The second kappa shape index (κ2) is 9.61. The molecule has 0 fully saturated rings. The summed E-state index contributed by atoms with van der Waals surface area (Å²) in [6.07, 6.45) is -0.102. The maximum atomic E-state index is 12.4. The molecular weight excluding hydrogens is 444 g/mol. The molecule has 0 aliphatic rings. The lowest BCUT2D eigenvalue weighted by molar-refractivity contribution is -0.144. The van der Waals surface area contributed by atoms with Crippen molar-refractivity contribution in [2.24, 2.45) is 0 Å². The monoisotopic (exact) mass is 464 g/mol. The number of H-pyrrole nitrogens is 1. The van der Waals surface area contributed by atoms with Crippen molar-refractivity contribution in [3.63, 3.8) is 0 Å². The molecular formula is C23H20N4O5S. The van der Waals surface area contributed by atoms with Crippen LogP contribution in [0.3, 0.4) is 0 Å². The van der Waals surface area contributed by atoms with E-state index in [9.17, 15) is 14.4 Å². The molecule has 1 N–H and O–H groups in total. The van der Waals surface area contributed by atoms with Crippen LogP contribution in [-0.2, 0) is 27.4 Å². The summed E-state index contributed by atoms with van der Waals surface area (Å²) in [5.74, 6) is -0.202. The number of thiazole rings is 1. The number of nitrogens with one attached hydrogen (secondary N) is 1. The van der Waals surface area contributed by atoms with Gasteiger partial charge in [-0.25, -0.2) is 10.1 Å². The summed E-state index contributed by atoms with van der Waals surface area (Å²) in [4.78, 5) is 42.6. The second-order valence-electron chi connectivity index (χ2n) is 7.03. The molecule has 0 atom stereocenters. The number of aromatic nitrogens is 3. The summed E-state index contributed by atoms with van der Waals surface area (Å²) in [6.45, 7) is 1.38. The predicted molar refractivity (Wildman–Crippen MR) is 124 cm³/mol. The molecule has 0 radical (unpaired) electrons. The van der Waals surface area contributed by atoms with Crippen LogP contribution in [0.4, 0.5) is 10.8 Å². The SMILES string of the molecule is COc1ccccc1N(C(C)=O)c1nc(COC(=O)Cc2n[nH]c(=O)c3ccccc23)cs1. The predicted octanol–water partition coefficient (Wildman–Crippen LogP) is 3.36. The van der Waals surface area contributed by atoms with Gasteiger partial charge >= 0.3 is 5.97 Å². The number of carbonyl (C=O) groups is 2. The molecule has 10 heteroatoms. The van der Waals surface area contributed by atoms with E-state index in [0.29, 0.717) is 38.7 Å². The van der Waals surface area contributed by atoms with Gasteiger partial charge in [-0.2, -0.15) is 5.10 Å². The zero-order chi connectivity index (χ0) is 23.4. The van der Waals surface area contributed by atoms with E-state index in [4.69, 9.17) is 9.47 Å². The molecule has 0 saturated carbocycles. The van der Waals surface area contributed by atoms with Crippen LogP contribution in [0.1, 0.15) is 18.3 Å². The molecule has 9 nitrogen and oxygen atoms in total. The highest BCUT2D eigenvalue weighted by atomic mass is 32.1. The Morgan fingerprint density at radius 3 is 2.58 bits per heavy atom. The number of amides is 1. The van der Waals surface area contributed by atoms with Crippen molar-refractivity contribution >= 4 is 44.8 Å². The van der Waals surface area contributed by atoms with E-state index >= 15 is 0 Å². The number of nitrogens with zero attached hydrogens (tertiary/aromatic N) is 3. The Morgan fingerprint density at radius 2 is 1.82 bits per heavy atom. The first-order valence-electron chi connectivity index (χ1n) is 9.98. The summed E-state index contributed by atoms with van der Waals surface area (Å²) in [5, 5.41) is 9.61. The molecule has 4 aromatic rings. The number of hydrogen-bond donors (Lipinski definition) is 1. The van der Waals surface area contributed by atoms with Gasteiger partial charge in [0, 0.05) is 17.7 Å². The average Bonchev–Trinajstić information content (AvgIpc) is 3.28. The van der Waals surface area contributed by atoms with E-state index in [1.54, 1.807) is 47.8 Å². The maximum Gasteiger partial charge on any atom is 0.312 e. The Kier molecular flexibility index (Phi) is 6.45. The van der Waals surface area contributed by atoms with Crippen molar-refractivity contribution in [1.29, 1.82) is 0 Å². The largest absolute Gasteiger partial charge is 0.495 e. The van der Waals surface area contributed by atoms with Gasteiger partial charge in [-0.3, -0.25) is 19.3 Å². The molecule has 2 aromatic carbocycles. The molecule has 0 spiro atoms. The lowest BCUT2D eigenvalue weighted by Crippen LogP contribution is -2.23. The maximum absolute atomic E-state index is 12.4. The van der Waals surface area contributed by atoms with Gasteiger partial charge in [0.2, 0.25) is 5.91 Å². The van der Waals surface area contributed by atoms with Crippen LogP contribution >= 0.6 is 11.3 Å². The van der Waals surface area contributed by atoms with E-state index in [1.165, 1.54) is 30.3 Å². The van der Waals surface area contributed by atoms with Gasteiger partial charge in [-0.05, 0) is 18.2 Å². The fourth-order valence-electron chi connectivity index (χ4n) is 3.34. The number of benzene rings is 2. The number of esters is 1. The first-order valence-corrected chi connectivity index (χ1v) is 10.9. The highest BCUT2D eigenvalue weighted by Gasteiger charge is 2.21. The Hall–Kier alpha value is -4.05. The molecule has 0 saturated heterocycles. The molecule has 0 unspecified atom stereocenters. The van der Waals surface area contributed by atoms with Crippen LogP contribution in [0, 0.1) is 0 Å². The number of hydrogen-bond acceptors (Lipinski definition) is 8. The number of para-hydroxylation sites is 2. The number of fused-ring (bicyclic) bond motifs is 1. The van der Waals surface area contributed by atoms with Crippen molar-refractivity contribution < 1.29 is 19.1 Å². The smallest absolute Gasteiger partial charge is 0.312 e. The van der Waals surface area contributed by atoms with Crippen LogP contribution < -0.4 is 15.2 Å². The number of aromatic amines is 1. The van der Waals surface area contributed by atoms with Gasteiger partial charge in [0.15, 0.2) is 5.13 Å². The van der Waals surface area contributed by atoms with Gasteiger partial charge in [0.05, 0.1) is 36.0 Å². The van der Waals surface area contributed by atoms with Crippen molar-refractivity contribution in [1.82, 2.24) is 15.2 Å². The van der Waals surface area contributed by atoms with Gasteiger partial charge in [0.25, 0.3) is 5.56 Å². The third kappa shape index (κ3) is 4.75. The topological polar surface area (TPSA) is 114 Å². The molecule has 2 heterocycles. The summed E-state index contributed by atoms with van der Waals surface area (Å²) in [6, 6.07) is 14.1. The minimum absolute atomic E-state index is 0.0612. The molecule has 4 rings (SSSR count). The van der Waals surface area contributed by atoms with Crippen molar-refractivity contribution in [2.45, 2.75) is 20.0 Å². The Morgan fingerprint density at radius 1 is 1.09 bits per heavy atom. The van der Waals surface area contributed by atoms with E-state index in [1.807, 2.05) is 6.07 Å². The summed E-state index contributed by atoms with van der Waals surface area (Å²) in [7, 11) is 1.53. The van der Waals surface area contributed by atoms with Crippen LogP contribution in [0.15, 0.2) is 58.7 Å². The van der Waals surface area contributed by atoms with Crippen molar-refractivity contribution in [3.05, 3.63) is 75.7 Å². The molecule has 2 aromatic heterocycles. The van der Waals surface area contributed by atoms with Crippen LogP contribution in [-0.4, -0.2) is 34.2 Å². The minimum atomic E-state index is -0.512. The van der Waals surface area contributed by atoms with E-state index < -0.39 is 5.97 Å². The summed E-state index contributed by atoms with van der Waals surface area (Å²) >= 11 is 1.25. The van der Waals surface area contributed by atoms with Gasteiger partial charge in [0.1, 0.15) is 12.4 Å². The molecule has 0 aliphatic heterocycles. The number of rotatable bonds is 7. The van der Waals surface area contributed by atoms with Crippen molar-refractivity contribution in [2.75, 3.05) is 12.0 Å². The quantitative estimate of drug-likeness (QED) is 0.417. The first-order chi connectivity index (χ1) is 16.0. The number of methoxy groups -OCH3 is 1. The Labute approximate surface area is 192 Å². The molecule has 0 aliphatic carbocycles. The lowest BCUT2D eigenvalue weighted by Gasteiger charge is -2.20. The van der Waals surface area contributed by atoms with E-state index in [2.05, 4.69) is 15.2 Å². The van der Waals surface area contributed by atoms with E-state index in [-0.39, 0.29) is 24.5 Å². The molecule has 33 heavy (non-hydrogen) atoms. The highest BCUT2D eigenvalue weighted by Crippen LogP contribution is 2.35. The van der Waals surface area contributed by atoms with E-state index in [0.717, 1.165) is 0 Å². The lowest BCUT2D eigenvalue weighted by atomic mass is 10.1. The van der Waals surface area contributed by atoms with Crippen LogP contribution in [0.5, 0.6) is 5.75 Å². The van der Waals surface area contributed by atoms with Crippen LogP contribution in [0.2, 0.25) is 0 Å². The van der Waals surface area contributed by atoms with Crippen molar-refractivity contribution in [3.8, 4) is 5.75 Å². The van der Waals surface area contributed by atoms with Gasteiger partial charge in [-0.1, -0.05) is 30.3 Å². The number of anilines is 2.